The van der Waals surface area contributed by atoms with Crippen LogP contribution in [0.1, 0.15) is 40.9 Å². The zero-order valence-electron chi connectivity index (χ0n) is 17.2. The number of nitrogens with zero attached hydrogens (tertiary/aromatic N) is 1. The molecule has 1 aromatic carbocycles. The molecule has 2 aromatic rings. The average Bonchev–Trinajstić information content (AvgIpc) is 3.23. The highest BCUT2D eigenvalue weighted by Crippen LogP contribution is 2.42. The maximum absolute atomic E-state index is 13.5. The largest absolute Gasteiger partial charge is 0.496 e. The van der Waals surface area contributed by atoms with Crippen LogP contribution in [-0.4, -0.2) is 47.7 Å². The molecule has 0 bridgehead atoms. The predicted molar refractivity (Wildman–Crippen MR) is 112 cm³/mol. The van der Waals surface area contributed by atoms with Crippen LogP contribution in [0.4, 0.5) is 13.6 Å². The fourth-order valence-electron chi connectivity index (χ4n) is 4.14. The summed E-state index contributed by atoms with van der Waals surface area (Å²) in [4.78, 5) is 40.3. The first kappa shape index (κ1) is 21.4. The summed E-state index contributed by atoms with van der Waals surface area (Å²) in [5, 5.41) is 2.56. The molecular weight excluding hydrogens is 426 g/mol. The number of hydrogen-bond acceptors (Lipinski definition) is 5. The van der Waals surface area contributed by atoms with E-state index < -0.39 is 42.8 Å². The molecule has 164 valence electrons. The summed E-state index contributed by atoms with van der Waals surface area (Å²) in [7, 11) is 1.57. The van der Waals surface area contributed by atoms with Crippen molar-refractivity contribution in [3.05, 3.63) is 40.8 Å². The average molecular weight is 448 g/mol. The van der Waals surface area contributed by atoms with E-state index in [1.54, 1.807) is 13.2 Å². The molecule has 1 spiro atoms. The van der Waals surface area contributed by atoms with E-state index in [0.29, 0.717) is 10.6 Å². The Kier molecular flexibility index (Phi) is 5.33. The normalized spacial score (nSPS) is 19.5. The van der Waals surface area contributed by atoms with Gasteiger partial charge in [0, 0.05) is 23.3 Å². The van der Waals surface area contributed by atoms with Crippen LogP contribution in [0.5, 0.6) is 5.75 Å². The molecule has 3 amide bonds. The van der Waals surface area contributed by atoms with Crippen LogP contribution in [0.2, 0.25) is 0 Å². The van der Waals surface area contributed by atoms with Crippen molar-refractivity contribution in [3.8, 4) is 16.2 Å². The van der Waals surface area contributed by atoms with E-state index in [1.807, 2.05) is 31.2 Å². The number of urea groups is 1. The van der Waals surface area contributed by atoms with Crippen LogP contribution in [0, 0.1) is 6.92 Å². The molecule has 1 aromatic heterocycles. The van der Waals surface area contributed by atoms with Gasteiger partial charge in [0.05, 0.1) is 18.5 Å². The summed E-state index contributed by atoms with van der Waals surface area (Å²) in [6, 6.07) is 8.47. The first-order chi connectivity index (χ1) is 14.7. The maximum Gasteiger partial charge on any atom is 0.325 e. The predicted octanol–water partition coefficient (Wildman–Crippen LogP) is 4.41. The second-order valence-electron chi connectivity index (χ2n) is 8.01. The van der Waals surface area contributed by atoms with E-state index in [2.05, 4.69) is 5.32 Å². The highest BCUT2D eigenvalue weighted by Gasteiger charge is 2.55. The molecule has 31 heavy (non-hydrogen) atoms. The minimum absolute atomic E-state index is 0.134. The molecule has 2 aliphatic rings. The Morgan fingerprint density at radius 1 is 1.19 bits per heavy atom. The topological polar surface area (TPSA) is 75.7 Å². The molecule has 0 radical (unpaired) electrons. The highest BCUT2D eigenvalue weighted by molar-refractivity contribution is 7.17. The number of carbonyl (C=O) groups excluding carboxylic acids is 3. The van der Waals surface area contributed by atoms with Gasteiger partial charge in [-0.25, -0.2) is 13.6 Å². The number of hydrogen-bond donors (Lipinski definition) is 1. The number of thiophene rings is 1. The van der Waals surface area contributed by atoms with Crippen molar-refractivity contribution >= 4 is 29.1 Å². The van der Waals surface area contributed by atoms with E-state index in [0.717, 1.165) is 20.9 Å². The van der Waals surface area contributed by atoms with Gasteiger partial charge < -0.3 is 10.1 Å². The van der Waals surface area contributed by atoms with Crippen LogP contribution >= 0.6 is 11.3 Å². The number of para-hydroxylation sites is 1. The van der Waals surface area contributed by atoms with Gasteiger partial charge in [-0.1, -0.05) is 12.1 Å². The highest BCUT2D eigenvalue weighted by atomic mass is 32.1. The van der Waals surface area contributed by atoms with E-state index in [9.17, 15) is 23.2 Å². The van der Waals surface area contributed by atoms with Crippen LogP contribution in [0.15, 0.2) is 30.3 Å². The number of Topliss-reactive ketones (excluding diaryl/α,β-unsaturated/α-hetero) is 1. The zero-order chi connectivity index (χ0) is 22.4. The van der Waals surface area contributed by atoms with Crippen molar-refractivity contribution in [3.63, 3.8) is 0 Å². The van der Waals surface area contributed by atoms with Gasteiger partial charge in [-0.3, -0.25) is 14.5 Å². The van der Waals surface area contributed by atoms with Crippen molar-refractivity contribution in [1.29, 1.82) is 0 Å². The van der Waals surface area contributed by atoms with Crippen LogP contribution in [-0.2, 0) is 4.79 Å². The van der Waals surface area contributed by atoms with Gasteiger partial charge in [0.25, 0.3) is 5.91 Å². The lowest BCUT2D eigenvalue weighted by Gasteiger charge is -2.34. The second kappa shape index (κ2) is 7.71. The number of nitrogens with one attached hydrogen (secondary N) is 1. The van der Waals surface area contributed by atoms with Gasteiger partial charge in [0.2, 0.25) is 5.92 Å². The molecule has 0 unspecified atom stereocenters. The summed E-state index contributed by atoms with van der Waals surface area (Å²) in [6.45, 7) is 1.45. The molecule has 1 aliphatic heterocycles. The second-order valence-corrected chi connectivity index (χ2v) is 9.06. The number of methoxy groups -OCH3 is 1. The lowest BCUT2D eigenvalue weighted by atomic mass is 9.80. The monoisotopic (exact) mass is 448 g/mol. The van der Waals surface area contributed by atoms with E-state index in [-0.39, 0.29) is 18.6 Å². The SMILES string of the molecule is COc1ccccc1-c1sc(C(=O)CN2C(=O)NC3(CCC(F)(F)CC3)C2=O)cc1C. The summed E-state index contributed by atoms with van der Waals surface area (Å²) in [6.07, 6.45) is -1.20. The van der Waals surface area contributed by atoms with Crippen LogP contribution in [0.3, 0.4) is 0 Å². The van der Waals surface area contributed by atoms with Gasteiger partial charge in [-0.15, -0.1) is 11.3 Å². The number of rotatable bonds is 5. The lowest BCUT2D eigenvalue weighted by molar-refractivity contribution is -0.135. The Morgan fingerprint density at radius 3 is 2.55 bits per heavy atom. The lowest BCUT2D eigenvalue weighted by Crippen LogP contribution is -2.51. The molecule has 1 saturated heterocycles. The van der Waals surface area contributed by atoms with Crippen molar-refractivity contribution in [2.24, 2.45) is 0 Å². The Balaban J connectivity index is 1.53. The molecular formula is C22H22F2N2O4S. The van der Waals surface area contributed by atoms with Crippen molar-refractivity contribution < 1.29 is 27.9 Å². The van der Waals surface area contributed by atoms with Gasteiger partial charge in [-0.05, 0) is 43.5 Å². The van der Waals surface area contributed by atoms with Crippen molar-refractivity contribution in [2.45, 2.75) is 44.1 Å². The zero-order valence-corrected chi connectivity index (χ0v) is 18.0. The van der Waals surface area contributed by atoms with Gasteiger partial charge >= 0.3 is 6.03 Å². The fourth-order valence-corrected chi connectivity index (χ4v) is 5.27. The Bertz CT molecular complexity index is 1060. The van der Waals surface area contributed by atoms with Crippen LogP contribution in [0.25, 0.3) is 10.4 Å². The van der Waals surface area contributed by atoms with Gasteiger partial charge in [-0.2, -0.15) is 0 Å². The molecule has 0 atom stereocenters. The summed E-state index contributed by atoms with van der Waals surface area (Å²) < 4.78 is 32.5. The summed E-state index contributed by atoms with van der Waals surface area (Å²) in [5.41, 5.74) is 0.400. The fraction of sp³-hybridized carbons (Fsp3) is 0.409. The minimum atomic E-state index is -2.83. The first-order valence-corrected chi connectivity index (χ1v) is 10.8. The molecule has 4 rings (SSSR count). The van der Waals surface area contributed by atoms with Crippen molar-refractivity contribution in [1.82, 2.24) is 10.2 Å². The van der Waals surface area contributed by atoms with E-state index >= 15 is 0 Å². The van der Waals surface area contributed by atoms with Gasteiger partial charge in [0.15, 0.2) is 5.78 Å². The molecule has 9 heteroatoms. The number of amides is 3. The number of benzene rings is 1. The molecule has 2 heterocycles. The Morgan fingerprint density at radius 2 is 1.87 bits per heavy atom. The number of ketones is 1. The standard InChI is InChI=1S/C22H22F2N2O4S/c1-13-11-17(31-18(13)14-5-3-4-6-16(14)30-2)15(27)12-26-19(28)21(25-20(26)29)7-9-22(23,24)10-8-21/h3-6,11H,7-10,12H2,1-2H3,(H,25,29). The van der Waals surface area contributed by atoms with Crippen molar-refractivity contribution in [2.75, 3.05) is 13.7 Å². The number of carbonyl (C=O) groups is 3. The first-order valence-electron chi connectivity index (χ1n) is 9.95. The third-order valence-corrected chi connectivity index (χ3v) is 7.24. The quantitative estimate of drug-likeness (QED) is 0.543. The number of halogens is 2. The summed E-state index contributed by atoms with van der Waals surface area (Å²) in [5.74, 6) is -3.13. The Hall–Kier alpha value is -2.81. The number of aryl methyl sites for hydroxylation is 1. The third kappa shape index (κ3) is 3.82. The smallest absolute Gasteiger partial charge is 0.325 e. The van der Waals surface area contributed by atoms with E-state index in [4.69, 9.17) is 4.74 Å². The molecule has 1 saturated carbocycles. The molecule has 1 N–H and O–H groups in total. The molecule has 1 aliphatic carbocycles. The number of alkyl halides is 2. The number of ether oxygens (including phenoxy) is 1. The Labute approximate surface area is 182 Å². The maximum atomic E-state index is 13.5. The molecule has 6 nitrogen and oxygen atoms in total. The van der Waals surface area contributed by atoms with Crippen LogP contribution < -0.4 is 10.1 Å². The van der Waals surface area contributed by atoms with Gasteiger partial charge in [0.1, 0.15) is 11.3 Å². The summed E-state index contributed by atoms with van der Waals surface area (Å²) >= 11 is 1.26. The van der Waals surface area contributed by atoms with E-state index in [1.165, 1.54) is 11.3 Å². The third-order valence-electron chi connectivity index (χ3n) is 5.93. The number of imide groups is 1. The minimum Gasteiger partial charge on any atom is -0.496 e. The molecule has 2 fully saturated rings.